The topological polar surface area (TPSA) is 96.4 Å². The molecule has 24 heavy (non-hydrogen) atoms. The van der Waals surface area contributed by atoms with Gasteiger partial charge in [-0.1, -0.05) is 0 Å². The molecule has 3 heterocycles. The minimum Gasteiger partial charge on any atom is -0.465 e. The molecule has 0 bridgehead atoms. The van der Waals surface area contributed by atoms with Crippen LogP contribution in [-0.2, 0) is 9.59 Å². The lowest BCUT2D eigenvalue weighted by molar-refractivity contribution is -0.135. The Hall–Kier alpha value is -2.45. The van der Waals surface area contributed by atoms with Gasteiger partial charge in [-0.15, -0.1) is 0 Å². The Balaban J connectivity index is 1.54. The fraction of sp³-hybridized carbons (Fsp3) is 0.667. The van der Waals surface area contributed by atoms with E-state index in [-0.39, 0.29) is 17.9 Å². The van der Waals surface area contributed by atoms with Crippen LogP contribution in [0.4, 0.5) is 4.79 Å². The van der Waals surface area contributed by atoms with Crippen LogP contribution in [0.15, 0.2) is 11.9 Å². The summed E-state index contributed by atoms with van der Waals surface area (Å²) >= 11 is 0. The van der Waals surface area contributed by atoms with E-state index in [9.17, 15) is 14.4 Å². The summed E-state index contributed by atoms with van der Waals surface area (Å²) in [7, 11) is 1.94. The molecule has 9 nitrogen and oxygen atoms in total. The van der Waals surface area contributed by atoms with Gasteiger partial charge < -0.3 is 30.0 Å². The number of hydrogen-bond donors (Lipinski definition) is 2. The van der Waals surface area contributed by atoms with E-state index in [0.717, 1.165) is 12.4 Å². The second-order valence-electron chi connectivity index (χ2n) is 6.60. The molecule has 0 aromatic carbocycles. The van der Waals surface area contributed by atoms with E-state index in [1.165, 1.54) is 0 Å². The number of piperidine rings is 1. The predicted octanol–water partition coefficient (Wildman–Crippen LogP) is -0.520. The monoisotopic (exact) mass is 337 g/mol. The lowest BCUT2D eigenvalue weighted by atomic mass is 10.0. The molecule has 9 heteroatoms. The average Bonchev–Trinajstić information content (AvgIpc) is 3.04. The number of fused-ring (bicyclic) bond motifs is 1. The molecular weight excluding hydrogens is 314 g/mol. The van der Waals surface area contributed by atoms with Crippen LogP contribution in [0.3, 0.4) is 0 Å². The number of hydrogen-bond acceptors (Lipinski definition) is 5. The van der Waals surface area contributed by atoms with Gasteiger partial charge in [0.15, 0.2) is 0 Å². The number of carbonyl (C=O) groups excluding carboxylic acids is 2. The molecular formula is C15H23N5O4. The normalized spacial score (nSPS) is 22.6. The van der Waals surface area contributed by atoms with Gasteiger partial charge in [-0.3, -0.25) is 9.59 Å². The molecule has 3 rings (SSSR count). The van der Waals surface area contributed by atoms with Gasteiger partial charge in [0, 0.05) is 32.4 Å². The Morgan fingerprint density at radius 2 is 1.96 bits per heavy atom. The van der Waals surface area contributed by atoms with Crippen molar-refractivity contribution in [3.05, 3.63) is 11.9 Å². The molecule has 3 aliphatic rings. The summed E-state index contributed by atoms with van der Waals surface area (Å²) in [5.41, 5.74) is 0.746. The fourth-order valence-corrected chi connectivity index (χ4v) is 3.58. The first-order chi connectivity index (χ1) is 11.4. The van der Waals surface area contributed by atoms with Gasteiger partial charge in [-0.2, -0.15) is 0 Å². The van der Waals surface area contributed by atoms with Gasteiger partial charge in [-0.25, -0.2) is 4.79 Å². The van der Waals surface area contributed by atoms with E-state index in [1.807, 2.05) is 23.0 Å². The van der Waals surface area contributed by atoms with E-state index in [4.69, 9.17) is 5.11 Å². The van der Waals surface area contributed by atoms with Crippen LogP contribution in [0.1, 0.15) is 19.8 Å². The predicted molar refractivity (Wildman–Crippen MR) is 84.5 cm³/mol. The third-order valence-electron chi connectivity index (χ3n) is 4.81. The lowest BCUT2D eigenvalue weighted by Crippen LogP contribution is -2.52. The summed E-state index contributed by atoms with van der Waals surface area (Å²) < 4.78 is 0. The molecule has 0 spiro atoms. The molecule has 0 saturated carbocycles. The molecule has 1 atom stereocenters. The summed E-state index contributed by atoms with van der Waals surface area (Å²) in [6.07, 6.45) is 2.11. The van der Waals surface area contributed by atoms with Crippen LogP contribution in [0.25, 0.3) is 0 Å². The Morgan fingerprint density at radius 1 is 1.29 bits per heavy atom. The highest BCUT2D eigenvalue weighted by Crippen LogP contribution is 2.29. The summed E-state index contributed by atoms with van der Waals surface area (Å²) in [5.74, 6) is -0.154. The SMILES string of the molecule is C[C@@H](NC(=O)O)C(=O)N1CCC(N2CN3CN(C)C=C3C2=O)CC1. The minimum absolute atomic E-state index is 0.0602. The Bertz CT molecular complexity index is 584. The molecule has 2 N–H and O–H groups in total. The molecule has 2 fully saturated rings. The van der Waals surface area contributed by atoms with Crippen molar-refractivity contribution in [2.45, 2.75) is 31.8 Å². The van der Waals surface area contributed by atoms with Crippen LogP contribution in [0.2, 0.25) is 0 Å². The van der Waals surface area contributed by atoms with Crippen LogP contribution in [0, 0.1) is 0 Å². The zero-order chi connectivity index (χ0) is 17.4. The quantitative estimate of drug-likeness (QED) is 0.719. The molecule has 0 unspecified atom stereocenters. The maximum Gasteiger partial charge on any atom is 0.405 e. The standard InChI is InChI=1S/C15H23N5O4/c1-10(16-15(23)24)13(21)18-5-3-11(4-6-18)20-9-19-8-17(2)7-12(19)14(20)22/h7,10-11,16H,3-6,8-9H2,1-2H3,(H,23,24)/t10-/m1/s1. The van der Waals surface area contributed by atoms with Gasteiger partial charge in [-0.05, 0) is 19.8 Å². The van der Waals surface area contributed by atoms with E-state index in [0.29, 0.717) is 32.6 Å². The maximum atomic E-state index is 12.5. The van der Waals surface area contributed by atoms with E-state index >= 15 is 0 Å². The van der Waals surface area contributed by atoms with E-state index < -0.39 is 12.1 Å². The summed E-state index contributed by atoms with van der Waals surface area (Å²) in [6, 6.07) is -0.625. The van der Waals surface area contributed by atoms with Crippen molar-refractivity contribution in [1.82, 2.24) is 24.9 Å². The third kappa shape index (κ3) is 2.98. The zero-order valence-corrected chi connectivity index (χ0v) is 13.9. The van der Waals surface area contributed by atoms with Crippen molar-refractivity contribution in [2.75, 3.05) is 33.5 Å². The lowest BCUT2D eigenvalue weighted by Gasteiger charge is -2.37. The van der Waals surface area contributed by atoms with Crippen molar-refractivity contribution < 1.29 is 19.5 Å². The Morgan fingerprint density at radius 3 is 2.54 bits per heavy atom. The van der Waals surface area contributed by atoms with Gasteiger partial charge in [0.2, 0.25) is 5.91 Å². The van der Waals surface area contributed by atoms with Crippen LogP contribution in [0.5, 0.6) is 0 Å². The first kappa shape index (κ1) is 16.4. The number of carbonyl (C=O) groups is 3. The Kier molecular flexibility index (Phi) is 4.25. The first-order valence-corrected chi connectivity index (χ1v) is 8.13. The summed E-state index contributed by atoms with van der Waals surface area (Å²) in [4.78, 5) is 43.0. The number of amides is 3. The van der Waals surface area contributed by atoms with E-state index in [1.54, 1.807) is 11.8 Å². The fourth-order valence-electron chi connectivity index (χ4n) is 3.58. The van der Waals surface area contributed by atoms with Crippen LogP contribution in [-0.4, -0.2) is 88.2 Å². The highest BCUT2D eigenvalue weighted by atomic mass is 16.4. The van der Waals surface area contributed by atoms with Gasteiger partial charge in [0.25, 0.3) is 5.91 Å². The number of carboxylic acid groups (broad SMARTS) is 1. The second-order valence-corrected chi connectivity index (χ2v) is 6.60. The first-order valence-electron chi connectivity index (χ1n) is 8.13. The van der Waals surface area contributed by atoms with E-state index in [2.05, 4.69) is 10.2 Å². The molecule has 0 radical (unpaired) electrons. The van der Waals surface area contributed by atoms with Crippen molar-refractivity contribution in [3.8, 4) is 0 Å². The molecule has 0 aromatic rings. The smallest absolute Gasteiger partial charge is 0.405 e. The highest BCUT2D eigenvalue weighted by Gasteiger charge is 2.41. The van der Waals surface area contributed by atoms with Crippen molar-refractivity contribution in [1.29, 1.82) is 0 Å². The molecule has 2 saturated heterocycles. The number of nitrogens with one attached hydrogen (secondary N) is 1. The zero-order valence-electron chi connectivity index (χ0n) is 13.9. The molecule has 0 aliphatic carbocycles. The Labute approximate surface area is 140 Å². The van der Waals surface area contributed by atoms with Gasteiger partial charge in [0.05, 0.1) is 13.3 Å². The molecule has 132 valence electrons. The number of likely N-dealkylation sites (tertiary alicyclic amines) is 1. The van der Waals surface area contributed by atoms with Gasteiger partial charge >= 0.3 is 6.09 Å². The summed E-state index contributed by atoms with van der Waals surface area (Å²) in [5, 5.41) is 10.9. The largest absolute Gasteiger partial charge is 0.465 e. The van der Waals surface area contributed by atoms with Crippen molar-refractivity contribution >= 4 is 17.9 Å². The maximum absolute atomic E-state index is 12.5. The second kappa shape index (κ2) is 6.21. The number of nitrogens with zero attached hydrogens (tertiary/aromatic N) is 4. The summed E-state index contributed by atoms with van der Waals surface area (Å²) in [6.45, 7) is 3.96. The van der Waals surface area contributed by atoms with Crippen molar-refractivity contribution in [2.24, 2.45) is 0 Å². The minimum atomic E-state index is -1.20. The average molecular weight is 337 g/mol. The van der Waals surface area contributed by atoms with Crippen LogP contribution >= 0.6 is 0 Å². The highest BCUT2D eigenvalue weighted by molar-refractivity contribution is 5.95. The van der Waals surface area contributed by atoms with Gasteiger partial charge in [0.1, 0.15) is 11.7 Å². The van der Waals surface area contributed by atoms with Crippen LogP contribution < -0.4 is 5.32 Å². The number of rotatable bonds is 3. The third-order valence-corrected chi connectivity index (χ3v) is 4.81. The molecule has 3 amide bonds. The van der Waals surface area contributed by atoms with Crippen molar-refractivity contribution in [3.63, 3.8) is 0 Å². The molecule has 3 aliphatic heterocycles. The molecule has 0 aromatic heterocycles.